The zero-order valence-corrected chi connectivity index (χ0v) is 14.0. The number of halogens is 3. The van der Waals surface area contributed by atoms with Crippen LogP contribution in [0, 0.1) is 11.3 Å². The van der Waals surface area contributed by atoms with Crippen LogP contribution in [0.5, 0.6) is 0 Å². The van der Waals surface area contributed by atoms with Crippen LogP contribution in [-0.4, -0.2) is 19.9 Å². The number of rotatable bonds is 3. The fraction of sp³-hybridized carbons (Fsp3) is 0.176. The summed E-state index contributed by atoms with van der Waals surface area (Å²) in [4.78, 5) is 4.44. The van der Waals surface area contributed by atoms with E-state index >= 15 is 0 Å². The lowest BCUT2D eigenvalue weighted by Crippen LogP contribution is -2.16. The van der Waals surface area contributed by atoms with Crippen molar-refractivity contribution in [2.75, 3.05) is 11.4 Å². The van der Waals surface area contributed by atoms with Gasteiger partial charge in [-0.25, -0.2) is 13.4 Å². The summed E-state index contributed by atoms with van der Waals surface area (Å²) >= 11 is 0. The molecule has 1 aromatic carbocycles. The predicted molar refractivity (Wildman–Crippen MR) is 87.6 cm³/mol. The standard InChI is InChI=1S/C17H12F3N3O2S/c18-17(19,20)13-5-6-16(22-10-13)26(24,25)14(9-21)11-23-8-7-12-3-1-2-4-15(12)23/h1-6,10-11H,7-8H2/b14-11-. The zero-order chi connectivity index (χ0) is 18.9. The number of anilines is 1. The summed E-state index contributed by atoms with van der Waals surface area (Å²) in [6, 6.07) is 10.4. The highest BCUT2D eigenvalue weighted by Gasteiger charge is 2.32. The fourth-order valence-electron chi connectivity index (χ4n) is 2.62. The van der Waals surface area contributed by atoms with Crippen molar-refractivity contribution in [3.63, 3.8) is 0 Å². The molecule has 0 amide bonds. The van der Waals surface area contributed by atoms with Crippen LogP contribution >= 0.6 is 0 Å². The third kappa shape index (κ3) is 3.28. The molecule has 0 saturated carbocycles. The van der Waals surface area contributed by atoms with Gasteiger partial charge >= 0.3 is 6.18 Å². The molecule has 2 heterocycles. The van der Waals surface area contributed by atoms with Gasteiger partial charge in [0.1, 0.15) is 6.07 Å². The molecular formula is C17H12F3N3O2S. The molecule has 0 radical (unpaired) electrons. The molecule has 0 spiro atoms. The van der Waals surface area contributed by atoms with E-state index < -0.39 is 31.5 Å². The van der Waals surface area contributed by atoms with Crippen molar-refractivity contribution in [3.05, 3.63) is 64.8 Å². The Kier molecular flexibility index (Phi) is 4.46. The SMILES string of the molecule is N#C/C(=C/N1CCc2ccccc21)S(=O)(=O)c1ccc(C(F)(F)F)cn1. The van der Waals surface area contributed by atoms with Crippen molar-refractivity contribution in [1.29, 1.82) is 5.26 Å². The predicted octanol–water partition coefficient (Wildman–Crippen LogP) is 3.30. The highest BCUT2D eigenvalue weighted by Crippen LogP contribution is 2.31. The van der Waals surface area contributed by atoms with E-state index in [0.29, 0.717) is 25.2 Å². The molecule has 0 bridgehead atoms. The minimum atomic E-state index is -4.62. The number of aromatic nitrogens is 1. The van der Waals surface area contributed by atoms with E-state index in [1.807, 2.05) is 12.1 Å². The average molecular weight is 379 g/mol. The Morgan fingerprint density at radius 1 is 1.23 bits per heavy atom. The lowest BCUT2D eigenvalue weighted by molar-refractivity contribution is -0.137. The van der Waals surface area contributed by atoms with Gasteiger partial charge in [-0.15, -0.1) is 0 Å². The van der Waals surface area contributed by atoms with Crippen LogP contribution in [0.3, 0.4) is 0 Å². The van der Waals surface area contributed by atoms with Gasteiger partial charge in [0.2, 0.25) is 9.84 Å². The number of sulfone groups is 1. The summed E-state index contributed by atoms with van der Waals surface area (Å²) in [6.45, 7) is 0.500. The largest absolute Gasteiger partial charge is 0.417 e. The zero-order valence-electron chi connectivity index (χ0n) is 13.2. The molecule has 134 valence electrons. The topological polar surface area (TPSA) is 74.1 Å². The summed E-state index contributed by atoms with van der Waals surface area (Å²) in [5.74, 6) is 0. The molecule has 0 N–H and O–H groups in total. The van der Waals surface area contributed by atoms with Crippen molar-refractivity contribution in [1.82, 2.24) is 4.98 Å². The van der Waals surface area contributed by atoms with E-state index in [-0.39, 0.29) is 0 Å². The van der Waals surface area contributed by atoms with Crippen LogP contribution < -0.4 is 4.90 Å². The quantitative estimate of drug-likeness (QED) is 0.765. The minimum Gasteiger partial charge on any atom is -0.345 e. The van der Waals surface area contributed by atoms with Gasteiger partial charge in [0.25, 0.3) is 0 Å². The Balaban J connectivity index is 1.96. The first-order chi connectivity index (χ1) is 12.2. The molecule has 0 unspecified atom stereocenters. The number of para-hydroxylation sites is 1. The molecule has 0 saturated heterocycles. The maximum absolute atomic E-state index is 12.6. The molecular weight excluding hydrogens is 367 g/mol. The molecule has 5 nitrogen and oxygen atoms in total. The second-order valence-electron chi connectivity index (χ2n) is 5.56. The van der Waals surface area contributed by atoms with E-state index in [1.54, 1.807) is 23.1 Å². The molecule has 0 aliphatic carbocycles. The van der Waals surface area contributed by atoms with Gasteiger partial charge in [-0.1, -0.05) is 18.2 Å². The van der Waals surface area contributed by atoms with E-state index in [0.717, 1.165) is 17.3 Å². The number of pyridine rings is 1. The van der Waals surface area contributed by atoms with Crippen molar-refractivity contribution in [2.45, 2.75) is 17.6 Å². The fourth-order valence-corrected chi connectivity index (χ4v) is 3.67. The van der Waals surface area contributed by atoms with E-state index in [2.05, 4.69) is 4.98 Å². The first kappa shape index (κ1) is 17.9. The molecule has 9 heteroatoms. The minimum absolute atomic E-state index is 0.438. The molecule has 2 aromatic rings. The van der Waals surface area contributed by atoms with Gasteiger partial charge < -0.3 is 4.90 Å². The van der Waals surface area contributed by atoms with Gasteiger partial charge in [0, 0.05) is 24.6 Å². The summed E-state index contributed by atoms with van der Waals surface area (Å²) in [7, 11) is -4.32. The van der Waals surface area contributed by atoms with Gasteiger partial charge in [0.05, 0.1) is 5.56 Å². The van der Waals surface area contributed by atoms with E-state index in [4.69, 9.17) is 0 Å². The summed E-state index contributed by atoms with van der Waals surface area (Å²) < 4.78 is 62.9. The third-order valence-corrected chi connectivity index (χ3v) is 5.50. The van der Waals surface area contributed by atoms with Crippen molar-refractivity contribution in [3.8, 4) is 6.07 Å². The highest BCUT2D eigenvalue weighted by atomic mass is 32.2. The number of hydrogen-bond donors (Lipinski definition) is 0. The number of alkyl halides is 3. The maximum Gasteiger partial charge on any atom is 0.417 e. The monoisotopic (exact) mass is 379 g/mol. The molecule has 3 rings (SSSR count). The summed E-state index contributed by atoms with van der Waals surface area (Å²) in [5.41, 5.74) is 0.745. The number of fused-ring (bicyclic) bond motifs is 1. The summed E-state index contributed by atoms with van der Waals surface area (Å²) in [5, 5.41) is 8.68. The third-order valence-electron chi connectivity index (χ3n) is 3.93. The van der Waals surface area contributed by atoms with Crippen LogP contribution in [0.25, 0.3) is 0 Å². The van der Waals surface area contributed by atoms with Gasteiger partial charge in [-0.05, 0) is 30.2 Å². The molecule has 0 atom stereocenters. The van der Waals surface area contributed by atoms with E-state index in [1.165, 1.54) is 6.20 Å². The first-order valence-electron chi connectivity index (χ1n) is 7.48. The van der Waals surface area contributed by atoms with Crippen LogP contribution in [0.4, 0.5) is 18.9 Å². The van der Waals surface area contributed by atoms with Crippen molar-refractivity contribution >= 4 is 15.5 Å². The van der Waals surface area contributed by atoms with Crippen LogP contribution in [-0.2, 0) is 22.4 Å². The lowest BCUT2D eigenvalue weighted by Gasteiger charge is -2.14. The van der Waals surface area contributed by atoms with Crippen LogP contribution in [0.1, 0.15) is 11.1 Å². The first-order valence-corrected chi connectivity index (χ1v) is 8.96. The second-order valence-corrected chi connectivity index (χ2v) is 7.43. The normalized spacial score (nSPS) is 14.8. The number of nitriles is 1. The number of nitrogens with zero attached hydrogens (tertiary/aromatic N) is 3. The maximum atomic E-state index is 12.6. The van der Waals surface area contributed by atoms with Gasteiger partial charge in [-0.3, -0.25) is 0 Å². The number of benzene rings is 1. The molecule has 26 heavy (non-hydrogen) atoms. The van der Waals surface area contributed by atoms with Crippen LogP contribution in [0.2, 0.25) is 0 Å². The average Bonchev–Trinajstić information content (AvgIpc) is 3.02. The molecule has 1 aliphatic heterocycles. The molecule has 0 fully saturated rings. The Morgan fingerprint density at radius 2 is 1.96 bits per heavy atom. The van der Waals surface area contributed by atoms with Crippen LogP contribution in [0.15, 0.2) is 58.7 Å². The number of hydrogen-bond acceptors (Lipinski definition) is 5. The lowest BCUT2D eigenvalue weighted by atomic mass is 10.2. The Morgan fingerprint density at radius 3 is 2.58 bits per heavy atom. The Bertz CT molecular complexity index is 1010. The van der Waals surface area contributed by atoms with Crippen molar-refractivity contribution in [2.24, 2.45) is 0 Å². The Labute approximate surface area is 147 Å². The molecule has 1 aliphatic rings. The smallest absolute Gasteiger partial charge is 0.345 e. The summed E-state index contributed by atoms with van der Waals surface area (Å²) in [6.07, 6.45) is -2.29. The molecule has 1 aromatic heterocycles. The number of allylic oxidation sites excluding steroid dienone is 1. The highest BCUT2D eigenvalue weighted by molar-refractivity contribution is 7.95. The van der Waals surface area contributed by atoms with E-state index in [9.17, 15) is 26.9 Å². The van der Waals surface area contributed by atoms with Gasteiger partial charge in [0.15, 0.2) is 9.93 Å². The second kappa shape index (κ2) is 6.46. The van der Waals surface area contributed by atoms with Crippen molar-refractivity contribution < 1.29 is 21.6 Å². The Hall–Kier alpha value is -2.86. The van der Waals surface area contributed by atoms with Gasteiger partial charge in [-0.2, -0.15) is 18.4 Å².